The summed E-state index contributed by atoms with van der Waals surface area (Å²) in [5, 5.41) is 0. The molecule has 0 aliphatic carbocycles. The predicted molar refractivity (Wildman–Crippen MR) is 121 cm³/mol. The summed E-state index contributed by atoms with van der Waals surface area (Å²) in [6.45, 7) is 5.05. The third-order valence-electron chi connectivity index (χ3n) is 5.96. The van der Waals surface area contributed by atoms with Gasteiger partial charge in [-0.25, -0.2) is 0 Å². The minimum atomic E-state index is -0.381. The average molecular weight is 403 g/mol. The quantitative estimate of drug-likeness (QED) is 0.126. The van der Waals surface area contributed by atoms with Crippen molar-refractivity contribution < 1.29 is 13.9 Å². The second kappa shape index (κ2) is 21.6. The van der Waals surface area contributed by atoms with Crippen molar-refractivity contribution in [3.63, 3.8) is 0 Å². The van der Waals surface area contributed by atoms with Gasteiger partial charge in [0.2, 0.25) is 0 Å². The summed E-state index contributed by atoms with van der Waals surface area (Å²) < 4.78 is 24.0. The first kappa shape index (κ1) is 27.8. The van der Waals surface area contributed by atoms with Gasteiger partial charge in [0.15, 0.2) is 5.79 Å². The van der Waals surface area contributed by atoms with Crippen molar-refractivity contribution in [1.29, 1.82) is 0 Å². The summed E-state index contributed by atoms with van der Waals surface area (Å²) in [6.07, 6.45) is 23.3. The standard InChI is InChI=1S/C25H51FO2/c1-4-6-7-8-9-10-11-12-13-16-19-22-25(5-2,27-3)28-24-21-18-15-14-17-20-23-26/h4-24H2,1-3H3. The minimum absolute atomic E-state index is 0.172. The van der Waals surface area contributed by atoms with Crippen LogP contribution in [0.4, 0.5) is 4.39 Å². The molecular weight excluding hydrogens is 351 g/mol. The normalized spacial score (nSPS) is 13.7. The van der Waals surface area contributed by atoms with E-state index in [1.807, 2.05) is 0 Å². The van der Waals surface area contributed by atoms with E-state index in [4.69, 9.17) is 9.47 Å². The van der Waals surface area contributed by atoms with Gasteiger partial charge in [-0.05, 0) is 25.7 Å². The molecule has 0 fully saturated rings. The lowest BCUT2D eigenvalue weighted by atomic mass is 10.0. The van der Waals surface area contributed by atoms with Gasteiger partial charge in [-0.1, -0.05) is 104 Å². The molecule has 0 aromatic rings. The third kappa shape index (κ3) is 16.8. The Labute approximate surface area is 176 Å². The number of hydrogen-bond donors (Lipinski definition) is 0. The summed E-state index contributed by atoms with van der Waals surface area (Å²) in [4.78, 5) is 0. The summed E-state index contributed by atoms with van der Waals surface area (Å²) >= 11 is 0. The van der Waals surface area contributed by atoms with Gasteiger partial charge in [-0.2, -0.15) is 0 Å². The van der Waals surface area contributed by atoms with Crippen LogP contribution < -0.4 is 0 Å². The van der Waals surface area contributed by atoms with E-state index >= 15 is 0 Å². The first-order chi connectivity index (χ1) is 13.7. The molecule has 0 radical (unpaired) electrons. The highest BCUT2D eigenvalue weighted by Crippen LogP contribution is 2.26. The van der Waals surface area contributed by atoms with Crippen molar-refractivity contribution in [2.45, 2.75) is 142 Å². The number of rotatable bonds is 23. The predicted octanol–water partition coefficient (Wildman–Crippen LogP) is 8.77. The second-order valence-electron chi connectivity index (χ2n) is 8.41. The molecule has 170 valence electrons. The van der Waals surface area contributed by atoms with Gasteiger partial charge in [0.05, 0.1) is 13.3 Å². The maximum absolute atomic E-state index is 12.1. The number of unbranched alkanes of at least 4 members (excludes halogenated alkanes) is 15. The van der Waals surface area contributed by atoms with Crippen LogP contribution >= 0.6 is 0 Å². The van der Waals surface area contributed by atoms with Crippen LogP contribution in [0.15, 0.2) is 0 Å². The van der Waals surface area contributed by atoms with E-state index in [0.717, 1.165) is 45.1 Å². The minimum Gasteiger partial charge on any atom is -0.353 e. The van der Waals surface area contributed by atoms with Crippen LogP contribution in [-0.2, 0) is 9.47 Å². The lowest BCUT2D eigenvalue weighted by Crippen LogP contribution is -2.34. The van der Waals surface area contributed by atoms with Gasteiger partial charge >= 0.3 is 0 Å². The maximum atomic E-state index is 12.1. The summed E-state index contributed by atoms with van der Waals surface area (Å²) in [5.74, 6) is -0.381. The summed E-state index contributed by atoms with van der Waals surface area (Å²) in [5.41, 5.74) is 0. The van der Waals surface area contributed by atoms with Gasteiger partial charge in [0.1, 0.15) is 0 Å². The van der Waals surface area contributed by atoms with Crippen molar-refractivity contribution >= 4 is 0 Å². The van der Waals surface area contributed by atoms with Crippen LogP contribution in [0.25, 0.3) is 0 Å². The number of halogens is 1. The van der Waals surface area contributed by atoms with Crippen LogP contribution in [0.3, 0.4) is 0 Å². The SMILES string of the molecule is CCCCCCCCCCCCCC(CC)(OC)OCCCCCCCCF. The monoisotopic (exact) mass is 402 g/mol. The van der Waals surface area contributed by atoms with Gasteiger partial charge in [-0.3, -0.25) is 4.39 Å². The molecule has 0 saturated carbocycles. The van der Waals surface area contributed by atoms with Crippen LogP contribution in [0.5, 0.6) is 0 Å². The molecule has 0 bridgehead atoms. The molecule has 0 saturated heterocycles. The van der Waals surface area contributed by atoms with E-state index in [9.17, 15) is 4.39 Å². The fourth-order valence-corrected chi connectivity index (χ4v) is 3.88. The van der Waals surface area contributed by atoms with Crippen molar-refractivity contribution in [2.75, 3.05) is 20.4 Å². The Morgan fingerprint density at radius 1 is 0.607 bits per heavy atom. The van der Waals surface area contributed by atoms with Crippen molar-refractivity contribution in [3.05, 3.63) is 0 Å². The number of methoxy groups -OCH3 is 1. The highest BCUT2D eigenvalue weighted by molar-refractivity contribution is 4.68. The maximum Gasteiger partial charge on any atom is 0.167 e. The zero-order chi connectivity index (χ0) is 20.8. The molecule has 0 aliphatic rings. The van der Waals surface area contributed by atoms with Crippen LogP contribution in [0.1, 0.15) is 136 Å². The van der Waals surface area contributed by atoms with E-state index in [1.165, 1.54) is 83.5 Å². The molecule has 3 heteroatoms. The molecule has 0 amide bonds. The third-order valence-corrected chi connectivity index (χ3v) is 5.96. The Hall–Kier alpha value is -0.150. The first-order valence-corrected chi connectivity index (χ1v) is 12.5. The Bertz CT molecular complexity index is 292. The fourth-order valence-electron chi connectivity index (χ4n) is 3.88. The zero-order valence-corrected chi connectivity index (χ0v) is 19.5. The summed E-state index contributed by atoms with van der Waals surface area (Å²) in [7, 11) is 1.79. The molecule has 0 aliphatic heterocycles. The Morgan fingerprint density at radius 3 is 1.54 bits per heavy atom. The molecule has 0 aromatic heterocycles. The van der Waals surface area contributed by atoms with Gasteiger partial charge in [-0.15, -0.1) is 0 Å². The van der Waals surface area contributed by atoms with Crippen molar-refractivity contribution in [3.8, 4) is 0 Å². The molecule has 1 unspecified atom stereocenters. The largest absolute Gasteiger partial charge is 0.353 e. The van der Waals surface area contributed by atoms with Crippen LogP contribution in [0.2, 0.25) is 0 Å². The topological polar surface area (TPSA) is 18.5 Å². The Balaban J connectivity index is 3.63. The number of alkyl halides is 1. The van der Waals surface area contributed by atoms with E-state index in [1.54, 1.807) is 7.11 Å². The van der Waals surface area contributed by atoms with E-state index < -0.39 is 0 Å². The van der Waals surface area contributed by atoms with E-state index in [0.29, 0.717) is 0 Å². The van der Waals surface area contributed by atoms with E-state index in [-0.39, 0.29) is 12.5 Å². The Kier molecular flexibility index (Phi) is 21.4. The summed E-state index contributed by atoms with van der Waals surface area (Å²) in [6, 6.07) is 0. The lowest BCUT2D eigenvalue weighted by Gasteiger charge is -2.31. The molecule has 0 spiro atoms. The lowest BCUT2D eigenvalue weighted by molar-refractivity contribution is -0.229. The molecule has 0 aromatic carbocycles. The molecular formula is C25H51FO2. The highest BCUT2D eigenvalue weighted by atomic mass is 19.1. The van der Waals surface area contributed by atoms with Gasteiger partial charge in [0.25, 0.3) is 0 Å². The fraction of sp³-hybridized carbons (Fsp3) is 1.00. The molecule has 28 heavy (non-hydrogen) atoms. The van der Waals surface area contributed by atoms with Crippen LogP contribution in [0, 0.1) is 0 Å². The van der Waals surface area contributed by atoms with Crippen molar-refractivity contribution in [2.24, 2.45) is 0 Å². The van der Waals surface area contributed by atoms with Crippen molar-refractivity contribution in [1.82, 2.24) is 0 Å². The first-order valence-electron chi connectivity index (χ1n) is 12.5. The zero-order valence-electron chi connectivity index (χ0n) is 19.5. The Morgan fingerprint density at radius 2 is 1.07 bits per heavy atom. The van der Waals surface area contributed by atoms with E-state index in [2.05, 4.69) is 13.8 Å². The molecule has 2 nitrogen and oxygen atoms in total. The highest BCUT2D eigenvalue weighted by Gasteiger charge is 2.27. The van der Waals surface area contributed by atoms with Gasteiger partial charge in [0, 0.05) is 13.5 Å². The smallest absolute Gasteiger partial charge is 0.167 e. The number of hydrogen-bond acceptors (Lipinski definition) is 2. The average Bonchev–Trinajstić information content (AvgIpc) is 2.72. The molecule has 0 heterocycles. The van der Waals surface area contributed by atoms with Crippen LogP contribution in [-0.4, -0.2) is 26.2 Å². The molecule has 1 atom stereocenters. The second-order valence-corrected chi connectivity index (χ2v) is 8.41. The number of ether oxygens (including phenoxy) is 2. The van der Waals surface area contributed by atoms with Gasteiger partial charge < -0.3 is 9.47 Å². The molecule has 0 rings (SSSR count). The molecule has 0 N–H and O–H groups in total.